The highest BCUT2D eigenvalue weighted by molar-refractivity contribution is 7.90. The molecule has 1 aromatic heterocycles. The molecular formula is C19H19NO6S. The number of carbonyl (C=O) groups is 1. The topological polar surface area (TPSA) is 91.8 Å². The second-order valence-electron chi connectivity index (χ2n) is 6.54. The van der Waals surface area contributed by atoms with Crippen LogP contribution in [0.25, 0.3) is 5.57 Å². The van der Waals surface area contributed by atoms with Crippen molar-refractivity contribution in [3.8, 4) is 11.6 Å². The molecule has 1 aliphatic heterocycles. The first-order valence-electron chi connectivity index (χ1n) is 8.08. The third-order valence-electron chi connectivity index (χ3n) is 4.07. The molecular weight excluding hydrogens is 370 g/mol. The number of methoxy groups -OCH3 is 1. The lowest BCUT2D eigenvalue weighted by Gasteiger charge is -2.21. The van der Waals surface area contributed by atoms with E-state index in [2.05, 4.69) is 4.98 Å². The van der Waals surface area contributed by atoms with Gasteiger partial charge in [-0.25, -0.2) is 18.2 Å². The molecule has 7 nitrogen and oxygen atoms in total. The molecule has 0 aliphatic carbocycles. The number of ether oxygens (including phenoxy) is 3. The first-order valence-corrected chi connectivity index (χ1v) is 9.97. The lowest BCUT2D eigenvalue weighted by molar-refractivity contribution is -0.145. The number of esters is 1. The molecule has 0 unspecified atom stereocenters. The lowest BCUT2D eigenvalue weighted by Crippen LogP contribution is -2.22. The maximum atomic E-state index is 12.4. The molecule has 0 N–H and O–H groups in total. The number of hydrogen-bond acceptors (Lipinski definition) is 7. The third-order valence-corrected chi connectivity index (χ3v) is 5.20. The Kier molecular flexibility index (Phi) is 4.69. The van der Waals surface area contributed by atoms with Gasteiger partial charge in [0, 0.05) is 12.3 Å². The van der Waals surface area contributed by atoms with Crippen LogP contribution in [0, 0.1) is 0 Å². The number of pyridine rings is 1. The van der Waals surface area contributed by atoms with E-state index in [0.717, 1.165) is 6.26 Å². The van der Waals surface area contributed by atoms with Gasteiger partial charge in [-0.1, -0.05) is 12.1 Å². The van der Waals surface area contributed by atoms with Crippen LogP contribution in [0.3, 0.4) is 0 Å². The van der Waals surface area contributed by atoms with Gasteiger partial charge in [-0.2, -0.15) is 0 Å². The van der Waals surface area contributed by atoms with Crippen LogP contribution in [0.2, 0.25) is 0 Å². The van der Waals surface area contributed by atoms with Gasteiger partial charge in [0.15, 0.2) is 9.84 Å². The highest BCUT2D eigenvalue weighted by Gasteiger charge is 2.43. The number of hydrogen-bond donors (Lipinski definition) is 0. The van der Waals surface area contributed by atoms with Crippen LogP contribution in [0.4, 0.5) is 0 Å². The zero-order chi connectivity index (χ0) is 19.8. The SMILES string of the molecule is COc1ccc(OC2=C(c3ccc(S(C)(=O)=O)cc3)C(C)(C)OC2=O)cn1. The van der Waals surface area contributed by atoms with Crippen LogP contribution in [0.1, 0.15) is 19.4 Å². The van der Waals surface area contributed by atoms with Crippen LogP contribution >= 0.6 is 0 Å². The molecule has 3 rings (SSSR count). The predicted octanol–water partition coefficient (Wildman–Crippen LogP) is 2.62. The molecule has 27 heavy (non-hydrogen) atoms. The second kappa shape index (κ2) is 6.70. The van der Waals surface area contributed by atoms with E-state index in [9.17, 15) is 13.2 Å². The molecule has 0 saturated carbocycles. The summed E-state index contributed by atoms with van der Waals surface area (Å²) in [5.41, 5.74) is 0.233. The van der Waals surface area contributed by atoms with E-state index < -0.39 is 21.4 Å². The minimum atomic E-state index is -3.32. The van der Waals surface area contributed by atoms with Crippen molar-refractivity contribution < 1.29 is 27.4 Å². The smallest absolute Gasteiger partial charge is 0.375 e. The molecule has 142 valence electrons. The number of carbonyl (C=O) groups excluding carboxylic acids is 1. The van der Waals surface area contributed by atoms with E-state index in [4.69, 9.17) is 14.2 Å². The highest BCUT2D eigenvalue weighted by Crippen LogP contribution is 2.40. The molecule has 0 saturated heterocycles. The maximum absolute atomic E-state index is 12.4. The highest BCUT2D eigenvalue weighted by atomic mass is 32.2. The Morgan fingerprint density at radius 1 is 1.07 bits per heavy atom. The summed E-state index contributed by atoms with van der Waals surface area (Å²) < 4.78 is 39.5. The minimum absolute atomic E-state index is 0.0408. The zero-order valence-electron chi connectivity index (χ0n) is 15.3. The summed E-state index contributed by atoms with van der Waals surface area (Å²) in [5.74, 6) is 0.213. The van der Waals surface area contributed by atoms with Crippen LogP contribution in [-0.4, -0.2) is 38.3 Å². The predicted molar refractivity (Wildman–Crippen MR) is 98.1 cm³/mol. The Labute approximate surface area is 157 Å². The molecule has 0 radical (unpaired) electrons. The van der Waals surface area contributed by atoms with Crippen molar-refractivity contribution in [2.75, 3.05) is 13.4 Å². The van der Waals surface area contributed by atoms with E-state index in [1.54, 1.807) is 38.1 Å². The van der Waals surface area contributed by atoms with Gasteiger partial charge in [0.05, 0.1) is 23.8 Å². The molecule has 1 aliphatic rings. The Morgan fingerprint density at radius 2 is 1.74 bits per heavy atom. The van der Waals surface area contributed by atoms with Gasteiger partial charge < -0.3 is 14.2 Å². The van der Waals surface area contributed by atoms with Gasteiger partial charge >= 0.3 is 5.97 Å². The number of cyclic esters (lactones) is 1. The van der Waals surface area contributed by atoms with E-state index in [1.807, 2.05) is 0 Å². The van der Waals surface area contributed by atoms with Crippen molar-refractivity contribution in [1.29, 1.82) is 0 Å². The van der Waals surface area contributed by atoms with Gasteiger partial charge in [-0.15, -0.1) is 0 Å². The molecule has 8 heteroatoms. The number of sulfone groups is 1. The summed E-state index contributed by atoms with van der Waals surface area (Å²) in [6.07, 6.45) is 2.58. The second-order valence-corrected chi connectivity index (χ2v) is 8.55. The van der Waals surface area contributed by atoms with Gasteiger partial charge in [0.2, 0.25) is 11.6 Å². The standard InChI is InChI=1S/C19H19NO6S/c1-19(2)16(12-5-8-14(9-6-12)27(4,22)23)17(18(21)26-19)25-13-7-10-15(24-3)20-11-13/h5-11H,1-4H3. The lowest BCUT2D eigenvalue weighted by atomic mass is 9.92. The van der Waals surface area contributed by atoms with Crippen LogP contribution in [0.15, 0.2) is 53.2 Å². The fourth-order valence-electron chi connectivity index (χ4n) is 2.81. The molecule has 2 aromatic rings. The summed E-state index contributed by atoms with van der Waals surface area (Å²) in [4.78, 5) is 16.6. The largest absolute Gasteiger partial charge is 0.481 e. The zero-order valence-corrected chi connectivity index (χ0v) is 16.2. The molecule has 0 amide bonds. The van der Waals surface area contributed by atoms with Gasteiger partial charge in [-0.05, 0) is 37.6 Å². The maximum Gasteiger partial charge on any atom is 0.375 e. The number of nitrogens with zero attached hydrogens (tertiary/aromatic N) is 1. The monoisotopic (exact) mass is 389 g/mol. The van der Waals surface area contributed by atoms with Crippen molar-refractivity contribution in [2.24, 2.45) is 0 Å². The number of rotatable bonds is 5. The Hall–Kier alpha value is -2.87. The first kappa shape index (κ1) is 18.9. The third kappa shape index (κ3) is 3.80. The Balaban J connectivity index is 2.04. The normalized spacial score (nSPS) is 16.2. The molecule has 2 heterocycles. The van der Waals surface area contributed by atoms with E-state index >= 15 is 0 Å². The van der Waals surface area contributed by atoms with Crippen molar-refractivity contribution in [3.05, 3.63) is 53.9 Å². The van der Waals surface area contributed by atoms with Gasteiger partial charge in [0.1, 0.15) is 11.4 Å². The van der Waals surface area contributed by atoms with Crippen LogP contribution < -0.4 is 9.47 Å². The first-order chi connectivity index (χ1) is 12.6. The quantitative estimate of drug-likeness (QED) is 0.726. The van der Waals surface area contributed by atoms with Gasteiger partial charge in [-0.3, -0.25) is 0 Å². The van der Waals surface area contributed by atoms with Crippen molar-refractivity contribution in [1.82, 2.24) is 4.98 Å². The average Bonchev–Trinajstić information content (AvgIpc) is 2.83. The van der Waals surface area contributed by atoms with E-state index in [1.165, 1.54) is 25.4 Å². The van der Waals surface area contributed by atoms with Crippen molar-refractivity contribution >= 4 is 21.4 Å². The summed E-state index contributed by atoms with van der Waals surface area (Å²) in [5, 5.41) is 0. The molecule has 0 atom stereocenters. The van der Waals surface area contributed by atoms with E-state index in [-0.39, 0.29) is 10.7 Å². The minimum Gasteiger partial charge on any atom is -0.481 e. The van der Waals surface area contributed by atoms with E-state index in [0.29, 0.717) is 22.8 Å². The summed E-state index contributed by atoms with van der Waals surface area (Å²) >= 11 is 0. The Bertz CT molecular complexity index is 1010. The molecule has 0 fully saturated rings. The summed E-state index contributed by atoms with van der Waals surface area (Å²) in [6, 6.07) is 9.48. The fourth-order valence-corrected chi connectivity index (χ4v) is 3.44. The molecule has 1 aromatic carbocycles. The number of benzene rings is 1. The van der Waals surface area contributed by atoms with Crippen molar-refractivity contribution in [2.45, 2.75) is 24.3 Å². The van der Waals surface area contributed by atoms with Gasteiger partial charge in [0.25, 0.3) is 0 Å². The average molecular weight is 389 g/mol. The number of aromatic nitrogens is 1. The van der Waals surface area contributed by atoms with Crippen LogP contribution in [0.5, 0.6) is 11.6 Å². The summed E-state index contributed by atoms with van der Waals surface area (Å²) in [6.45, 7) is 3.49. The van der Waals surface area contributed by atoms with Crippen LogP contribution in [-0.2, 0) is 19.4 Å². The molecule has 0 spiro atoms. The fraction of sp³-hybridized carbons (Fsp3) is 0.263. The summed E-state index contributed by atoms with van der Waals surface area (Å²) in [7, 11) is -1.82. The molecule has 0 bridgehead atoms. The Morgan fingerprint density at radius 3 is 2.26 bits per heavy atom. The van der Waals surface area contributed by atoms with Crippen molar-refractivity contribution in [3.63, 3.8) is 0 Å².